The van der Waals surface area contributed by atoms with Crippen LogP contribution in [-0.4, -0.2) is 21.7 Å². The van der Waals surface area contributed by atoms with Crippen molar-refractivity contribution in [3.05, 3.63) is 44.5 Å². The third kappa shape index (κ3) is 1.90. The lowest BCUT2D eigenvalue weighted by molar-refractivity contribution is -0.419. The number of hydrogen-bond acceptors (Lipinski definition) is 4. The van der Waals surface area contributed by atoms with Crippen molar-refractivity contribution in [2.24, 2.45) is 5.11 Å². The topological polar surface area (TPSA) is 112 Å². The normalized spacial score (nSPS) is 30.4. The maximum absolute atomic E-state index is 10.4. The quantitative estimate of drug-likeness (QED) is 0.235. The third-order valence-electron chi connectivity index (χ3n) is 1.91. The van der Waals surface area contributed by atoms with Gasteiger partial charge >= 0.3 is 0 Å². The maximum atomic E-state index is 10.4. The van der Waals surface area contributed by atoms with E-state index in [1.807, 2.05) is 0 Å². The van der Waals surface area contributed by atoms with E-state index >= 15 is 0 Å². The number of hydrogen-bond donors (Lipinski definition) is 1. The molecule has 1 aliphatic carbocycles. The van der Waals surface area contributed by atoms with E-state index in [0.717, 1.165) is 6.08 Å². The first-order valence-electron chi connectivity index (χ1n) is 3.79. The third-order valence-corrected chi connectivity index (χ3v) is 1.91. The summed E-state index contributed by atoms with van der Waals surface area (Å²) < 4.78 is 0. The molecule has 0 fully saturated rings. The van der Waals surface area contributed by atoms with E-state index in [1.165, 1.54) is 19.1 Å². The van der Waals surface area contributed by atoms with Gasteiger partial charge in [0.05, 0.1) is 16.6 Å². The Kier molecular flexibility index (Phi) is 2.55. The fraction of sp³-hybridized carbons (Fsp3) is 0.429. The van der Waals surface area contributed by atoms with Crippen molar-refractivity contribution in [1.29, 1.82) is 0 Å². The number of azide groups is 1. The van der Waals surface area contributed by atoms with Gasteiger partial charge in [-0.1, -0.05) is 5.11 Å². The first-order valence-corrected chi connectivity index (χ1v) is 3.79. The summed E-state index contributed by atoms with van der Waals surface area (Å²) in [5.74, 6) is 0. The molecule has 0 saturated heterocycles. The van der Waals surface area contributed by atoms with Gasteiger partial charge in [0.25, 0.3) is 5.70 Å². The predicted molar refractivity (Wildman–Crippen MR) is 47.8 cm³/mol. The Balaban J connectivity index is 3.06. The molecule has 0 aliphatic heterocycles. The van der Waals surface area contributed by atoms with Crippen LogP contribution in [0, 0.1) is 10.1 Å². The zero-order valence-electron chi connectivity index (χ0n) is 7.36. The van der Waals surface area contributed by atoms with Crippen LogP contribution in [0.4, 0.5) is 0 Å². The Labute approximate surface area is 79.1 Å². The molecule has 1 N–H and O–H groups in total. The van der Waals surface area contributed by atoms with Crippen molar-refractivity contribution in [2.45, 2.75) is 18.6 Å². The minimum Gasteiger partial charge on any atom is -0.385 e. The molecule has 74 valence electrons. The standard InChI is InChI=1S/C7H8N4O3/c1-7(12)3-2-5(11(13)14)4-6(7)9-10-8/h2-4,6,12H,1H3. The second kappa shape index (κ2) is 3.49. The summed E-state index contributed by atoms with van der Waals surface area (Å²) in [5, 5.41) is 23.3. The van der Waals surface area contributed by atoms with Gasteiger partial charge in [0.1, 0.15) is 0 Å². The van der Waals surface area contributed by atoms with Gasteiger partial charge in [0.2, 0.25) is 0 Å². The molecule has 0 aromatic carbocycles. The summed E-state index contributed by atoms with van der Waals surface area (Å²) in [6, 6.07) is -0.946. The van der Waals surface area contributed by atoms with Crippen molar-refractivity contribution in [3.8, 4) is 0 Å². The average molecular weight is 196 g/mol. The molecule has 0 aromatic heterocycles. The zero-order chi connectivity index (χ0) is 10.8. The number of aliphatic hydroxyl groups is 1. The molecule has 2 unspecified atom stereocenters. The zero-order valence-corrected chi connectivity index (χ0v) is 7.36. The van der Waals surface area contributed by atoms with Crippen LogP contribution in [-0.2, 0) is 0 Å². The SMILES string of the molecule is CC1(O)C=CC([N+](=O)[O-])=CC1N=[N+]=[N-]. The molecule has 7 heteroatoms. The first-order chi connectivity index (χ1) is 6.47. The molecular weight excluding hydrogens is 188 g/mol. The molecule has 0 amide bonds. The molecule has 0 bridgehead atoms. The summed E-state index contributed by atoms with van der Waals surface area (Å²) in [5.41, 5.74) is 6.64. The van der Waals surface area contributed by atoms with Gasteiger partial charge in [-0.25, -0.2) is 0 Å². The molecule has 0 aromatic rings. The number of allylic oxidation sites excluding steroid dienone is 1. The Bertz CT molecular complexity index is 365. The van der Waals surface area contributed by atoms with Crippen LogP contribution < -0.4 is 0 Å². The molecular formula is C7H8N4O3. The minimum absolute atomic E-state index is 0.186. The van der Waals surface area contributed by atoms with Gasteiger partial charge in [-0.2, -0.15) is 0 Å². The van der Waals surface area contributed by atoms with E-state index in [9.17, 15) is 15.2 Å². The predicted octanol–water partition coefficient (Wildman–Crippen LogP) is 1.15. The van der Waals surface area contributed by atoms with Crippen LogP contribution in [0.25, 0.3) is 10.4 Å². The van der Waals surface area contributed by atoms with Crippen molar-refractivity contribution in [2.75, 3.05) is 0 Å². The summed E-state index contributed by atoms with van der Waals surface area (Å²) in [6.07, 6.45) is 3.55. The van der Waals surface area contributed by atoms with Gasteiger partial charge in [0, 0.05) is 17.1 Å². The monoisotopic (exact) mass is 196 g/mol. The molecule has 0 spiro atoms. The Morgan fingerprint density at radius 1 is 1.86 bits per heavy atom. The van der Waals surface area contributed by atoms with E-state index < -0.39 is 16.6 Å². The van der Waals surface area contributed by atoms with Crippen LogP contribution in [0.5, 0.6) is 0 Å². The maximum Gasteiger partial charge on any atom is 0.265 e. The van der Waals surface area contributed by atoms with E-state index in [-0.39, 0.29) is 5.70 Å². The summed E-state index contributed by atoms with van der Waals surface area (Å²) in [6.45, 7) is 1.41. The summed E-state index contributed by atoms with van der Waals surface area (Å²) >= 11 is 0. The molecule has 0 radical (unpaired) electrons. The van der Waals surface area contributed by atoms with Gasteiger partial charge in [-0.3, -0.25) is 10.1 Å². The average Bonchev–Trinajstić information content (AvgIpc) is 2.08. The highest BCUT2D eigenvalue weighted by atomic mass is 16.6. The fourth-order valence-electron chi connectivity index (χ4n) is 1.07. The highest BCUT2D eigenvalue weighted by molar-refractivity contribution is 5.27. The van der Waals surface area contributed by atoms with E-state index in [1.54, 1.807) is 0 Å². The van der Waals surface area contributed by atoms with Gasteiger partial charge < -0.3 is 5.11 Å². The second-order valence-electron chi connectivity index (χ2n) is 3.06. The molecule has 0 saturated carbocycles. The van der Waals surface area contributed by atoms with Crippen LogP contribution in [0.3, 0.4) is 0 Å². The molecule has 0 heterocycles. The number of nitrogens with zero attached hydrogens (tertiary/aromatic N) is 4. The minimum atomic E-state index is -1.37. The lowest BCUT2D eigenvalue weighted by Gasteiger charge is -2.25. The molecule has 1 rings (SSSR count). The summed E-state index contributed by atoms with van der Waals surface area (Å²) in [7, 11) is 0. The van der Waals surface area contributed by atoms with Crippen LogP contribution in [0.2, 0.25) is 0 Å². The van der Waals surface area contributed by atoms with Crippen molar-refractivity contribution in [1.82, 2.24) is 0 Å². The van der Waals surface area contributed by atoms with Crippen molar-refractivity contribution < 1.29 is 10.0 Å². The summed E-state index contributed by atoms with van der Waals surface area (Å²) in [4.78, 5) is 12.3. The van der Waals surface area contributed by atoms with Gasteiger partial charge in [-0.15, -0.1) is 0 Å². The van der Waals surface area contributed by atoms with Gasteiger partial charge in [0.15, 0.2) is 0 Å². The molecule has 7 nitrogen and oxygen atoms in total. The van der Waals surface area contributed by atoms with Crippen LogP contribution in [0.1, 0.15) is 6.92 Å². The smallest absolute Gasteiger partial charge is 0.265 e. The largest absolute Gasteiger partial charge is 0.385 e. The highest BCUT2D eigenvalue weighted by Gasteiger charge is 2.32. The Morgan fingerprint density at radius 3 is 3.00 bits per heavy atom. The van der Waals surface area contributed by atoms with Crippen molar-refractivity contribution >= 4 is 0 Å². The van der Waals surface area contributed by atoms with Crippen LogP contribution in [0.15, 0.2) is 29.0 Å². The Morgan fingerprint density at radius 2 is 2.50 bits per heavy atom. The van der Waals surface area contributed by atoms with E-state index in [4.69, 9.17) is 5.53 Å². The lowest BCUT2D eigenvalue weighted by Crippen LogP contribution is -2.36. The number of rotatable bonds is 2. The van der Waals surface area contributed by atoms with Gasteiger partial charge in [-0.05, 0) is 18.5 Å². The number of nitro groups is 1. The second-order valence-corrected chi connectivity index (χ2v) is 3.06. The molecule has 14 heavy (non-hydrogen) atoms. The van der Waals surface area contributed by atoms with Crippen molar-refractivity contribution in [3.63, 3.8) is 0 Å². The highest BCUT2D eigenvalue weighted by Crippen LogP contribution is 2.23. The molecule has 1 aliphatic rings. The first kappa shape index (κ1) is 10.2. The molecule has 2 atom stereocenters. The van der Waals surface area contributed by atoms with Crippen LogP contribution >= 0.6 is 0 Å². The Hall–Kier alpha value is -1.85. The van der Waals surface area contributed by atoms with E-state index in [2.05, 4.69) is 10.0 Å². The van der Waals surface area contributed by atoms with E-state index in [0.29, 0.717) is 0 Å². The lowest BCUT2D eigenvalue weighted by atomic mass is 9.92. The fourth-order valence-corrected chi connectivity index (χ4v) is 1.07.